The van der Waals surface area contributed by atoms with Crippen molar-refractivity contribution in [2.75, 3.05) is 26.4 Å². The summed E-state index contributed by atoms with van der Waals surface area (Å²) in [6.45, 7) is 1.75. The van der Waals surface area contributed by atoms with Crippen molar-refractivity contribution in [3.63, 3.8) is 0 Å². The molecule has 0 saturated carbocycles. The van der Waals surface area contributed by atoms with Crippen molar-refractivity contribution in [3.8, 4) is 0 Å². The van der Waals surface area contributed by atoms with E-state index >= 15 is 0 Å². The fourth-order valence-electron chi connectivity index (χ4n) is 15.4. The standard InChI is InChI=1S/C93H169NO18/c1-3-5-7-9-11-13-15-17-19-21-23-25-27-29-31-33-35-36-37-38-39-40-41-43-45-47-49-51-53-55-57-59-61-63-65-67-69-71-81(99)94-76(77(98)70-68-66-64-62-60-58-56-54-52-50-48-46-44-42-34-32-30-28-26-24-22-20-18-16-14-12-10-8-6-4-2)75-107-91-87(105)84(102)89(79(73-96)109-91)112-93-88(106)85(103)90(80(74-97)110-93)111-92-86(104)83(101)82(100)78(72-95)108-92/h15,17,21,23,27,29,52,54,60,62,68,70,76-80,82-93,95-98,100-106H,3-14,16,18-20,22,24-26,28,30-51,53,55-59,61,63-67,69,71-75H2,1-2H3,(H,94,99)/b17-15-,23-21-,29-27-,54-52+,62-60+,70-68+. The molecular weight excluding hydrogens is 1420 g/mol. The summed E-state index contributed by atoms with van der Waals surface area (Å²) in [5.74, 6) is -0.284. The third-order valence-corrected chi connectivity index (χ3v) is 22.7. The molecule has 3 aliphatic heterocycles. The SMILES string of the molecule is CCCCCCC/C=C\C/C=C\C/C=C\CCCCCCCCCCCCCCCCCCCCCCCCC(=O)NC(COC1OC(CO)C(OC2OC(CO)C(OC3OC(CO)C(O)C(O)C3O)C(O)C2O)C(O)C1O)C(O)/C=C/CC/C=C/CC/C=C/CCCCCCCCCCCCCCCCCCCCCC. The van der Waals surface area contributed by atoms with Crippen molar-refractivity contribution in [1.29, 1.82) is 0 Å². The lowest BCUT2D eigenvalue weighted by molar-refractivity contribution is -0.379. The van der Waals surface area contributed by atoms with Gasteiger partial charge in [-0.15, -0.1) is 0 Å². The molecule has 112 heavy (non-hydrogen) atoms. The van der Waals surface area contributed by atoms with Crippen LogP contribution in [0.3, 0.4) is 0 Å². The summed E-state index contributed by atoms with van der Waals surface area (Å²) < 4.78 is 34.5. The zero-order chi connectivity index (χ0) is 81.0. The molecule has 17 atom stereocenters. The van der Waals surface area contributed by atoms with Crippen LogP contribution in [0, 0.1) is 0 Å². The van der Waals surface area contributed by atoms with Gasteiger partial charge in [0.25, 0.3) is 0 Å². The monoisotopic (exact) mass is 1590 g/mol. The van der Waals surface area contributed by atoms with E-state index in [-0.39, 0.29) is 18.9 Å². The average molecular weight is 1590 g/mol. The van der Waals surface area contributed by atoms with Crippen molar-refractivity contribution in [3.05, 3.63) is 72.9 Å². The van der Waals surface area contributed by atoms with Crippen LogP contribution in [0.5, 0.6) is 0 Å². The van der Waals surface area contributed by atoms with Crippen LogP contribution in [0.25, 0.3) is 0 Å². The van der Waals surface area contributed by atoms with Gasteiger partial charge in [-0.1, -0.05) is 363 Å². The van der Waals surface area contributed by atoms with Crippen molar-refractivity contribution in [2.45, 2.75) is 484 Å². The van der Waals surface area contributed by atoms with Gasteiger partial charge in [0.2, 0.25) is 5.91 Å². The first-order valence-corrected chi connectivity index (χ1v) is 46.2. The first-order chi connectivity index (χ1) is 54.8. The number of amides is 1. The predicted molar refractivity (Wildman–Crippen MR) is 452 cm³/mol. The number of aliphatic hydroxyl groups is 11. The Labute approximate surface area is 680 Å². The van der Waals surface area contributed by atoms with E-state index in [2.05, 4.69) is 79.9 Å². The summed E-state index contributed by atoms with van der Waals surface area (Å²) in [4.78, 5) is 13.5. The molecule has 0 radical (unpaired) electrons. The van der Waals surface area contributed by atoms with Crippen molar-refractivity contribution >= 4 is 5.91 Å². The summed E-state index contributed by atoms with van der Waals surface area (Å²) in [7, 11) is 0. The van der Waals surface area contributed by atoms with Gasteiger partial charge in [0.1, 0.15) is 73.2 Å². The van der Waals surface area contributed by atoms with Crippen LogP contribution in [0.1, 0.15) is 380 Å². The molecule has 0 spiro atoms. The second kappa shape index (κ2) is 72.3. The highest BCUT2D eigenvalue weighted by Crippen LogP contribution is 2.34. The van der Waals surface area contributed by atoms with Gasteiger partial charge in [0.05, 0.1) is 38.6 Å². The normalized spacial score (nSPS) is 25.2. The molecule has 19 nitrogen and oxygen atoms in total. The van der Waals surface area contributed by atoms with Crippen LogP contribution in [-0.2, 0) is 33.2 Å². The van der Waals surface area contributed by atoms with Gasteiger partial charge in [0, 0.05) is 6.42 Å². The number of rotatable bonds is 75. The van der Waals surface area contributed by atoms with Crippen LogP contribution in [0.2, 0.25) is 0 Å². The zero-order valence-corrected chi connectivity index (χ0v) is 70.7. The molecule has 3 saturated heterocycles. The molecule has 19 heteroatoms. The minimum absolute atomic E-state index is 0.233. The molecule has 12 N–H and O–H groups in total. The van der Waals surface area contributed by atoms with E-state index in [0.29, 0.717) is 12.8 Å². The molecule has 0 bridgehead atoms. The molecule has 0 aromatic carbocycles. The maximum atomic E-state index is 13.5. The van der Waals surface area contributed by atoms with E-state index in [4.69, 9.17) is 28.4 Å². The molecule has 17 unspecified atom stereocenters. The van der Waals surface area contributed by atoms with Gasteiger partial charge >= 0.3 is 0 Å². The first-order valence-electron chi connectivity index (χ1n) is 46.2. The van der Waals surface area contributed by atoms with Crippen molar-refractivity contribution in [1.82, 2.24) is 5.32 Å². The maximum Gasteiger partial charge on any atom is 0.220 e. The van der Waals surface area contributed by atoms with Gasteiger partial charge in [-0.3, -0.25) is 4.79 Å². The Morgan fingerprint density at radius 1 is 0.321 bits per heavy atom. The van der Waals surface area contributed by atoms with Crippen LogP contribution in [0.4, 0.5) is 0 Å². The number of allylic oxidation sites excluding steroid dienone is 11. The summed E-state index contributed by atoms with van der Waals surface area (Å²) in [6, 6.07) is -1.00. The van der Waals surface area contributed by atoms with Crippen molar-refractivity contribution < 1.29 is 89.4 Å². The van der Waals surface area contributed by atoms with E-state index in [1.165, 1.54) is 289 Å². The fraction of sp³-hybridized carbons (Fsp3) is 0.860. The lowest BCUT2D eigenvalue weighted by atomic mass is 9.96. The molecule has 1 amide bonds. The quantitative estimate of drug-likeness (QED) is 0.0199. The number of hydrogen-bond acceptors (Lipinski definition) is 18. The summed E-state index contributed by atoms with van der Waals surface area (Å²) in [5.41, 5.74) is 0. The Hall–Kier alpha value is -2.77. The van der Waals surface area contributed by atoms with E-state index in [1.807, 2.05) is 6.08 Å². The van der Waals surface area contributed by atoms with Gasteiger partial charge in [-0.2, -0.15) is 0 Å². The minimum atomic E-state index is -1.99. The number of unbranched alkanes of at least 4 members (excludes halogenated alkanes) is 49. The molecule has 3 aliphatic rings. The molecule has 3 rings (SSSR count). The third kappa shape index (κ3) is 50.2. The molecule has 0 aliphatic carbocycles. The number of hydrogen-bond donors (Lipinski definition) is 12. The summed E-state index contributed by atoms with van der Waals surface area (Å²) >= 11 is 0. The zero-order valence-electron chi connectivity index (χ0n) is 70.7. The average Bonchev–Trinajstić information content (AvgIpc) is 0.781. The highest BCUT2D eigenvalue weighted by atomic mass is 16.8. The molecule has 3 heterocycles. The van der Waals surface area contributed by atoms with E-state index < -0.39 is 124 Å². The Morgan fingerprint density at radius 3 is 0.955 bits per heavy atom. The smallest absolute Gasteiger partial charge is 0.220 e. The van der Waals surface area contributed by atoms with Crippen molar-refractivity contribution in [2.24, 2.45) is 0 Å². The second-order valence-corrected chi connectivity index (χ2v) is 32.7. The summed E-state index contributed by atoms with van der Waals surface area (Å²) in [6.07, 6.45) is 70.7. The minimum Gasteiger partial charge on any atom is -0.394 e. The fourth-order valence-corrected chi connectivity index (χ4v) is 15.4. The van der Waals surface area contributed by atoms with Crippen LogP contribution in [0.15, 0.2) is 72.9 Å². The number of aliphatic hydroxyl groups excluding tert-OH is 11. The molecule has 654 valence electrons. The molecule has 0 aromatic heterocycles. The predicted octanol–water partition coefficient (Wildman–Crippen LogP) is 17.9. The Morgan fingerprint density at radius 2 is 0.598 bits per heavy atom. The highest BCUT2D eigenvalue weighted by molar-refractivity contribution is 5.76. The van der Waals surface area contributed by atoms with Gasteiger partial charge in [0.15, 0.2) is 18.9 Å². The van der Waals surface area contributed by atoms with Gasteiger partial charge < -0.3 is 89.9 Å². The lowest BCUT2D eigenvalue weighted by Gasteiger charge is -2.48. The Balaban J connectivity index is 1.33. The topological polar surface area (TPSA) is 307 Å². The second-order valence-electron chi connectivity index (χ2n) is 32.7. The van der Waals surface area contributed by atoms with Gasteiger partial charge in [-0.05, 0) is 83.5 Å². The van der Waals surface area contributed by atoms with Crippen LogP contribution < -0.4 is 5.32 Å². The number of nitrogens with one attached hydrogen (secondary N) is 1. The first kappa shape index (κ1) is 103. The number of ether oxygens (including phenoxy) is 6. The Bertz CT molecular complexity index is 2300. The van der Waals surface area contributed by atoms with Crippen LogP contribution in [-0.4, -0.2) is 193 Å². The van der Waals surface area contributed by atoms with E-state index in [1.54, 1.807) is 6.08 Å². The summed E-state index contributed by atoms with van der Waals surface area (Å²) in [5, 5.41) is 121. The van der Waals surface area contributed by atoms with E-state index in [9.17, 15) is 61.0 Å². The Kier molecular flexibility index (Phi) is 66.7. The maximum absolute atomic E-state index is 13.5. The number of carbonyl (C=O) groups excluding carboxylic acids is 1. The van der Waals surface area contributed by atoms with Crippen LogP contribution >= 0.6 is 0 Å². The molecule has 3 fully saturated rings. The van der Waals surface area contributed by atoms with E-state index in [0.717, 1.165) is 57.8 Å². The lowest BCUT2D eigenvalue weighted by Crippen LogP contribution is -2.66. The van der Waals surface area contributed by atoms with Gasteiger partial charge in [-0.25, -0.2) is 0 Å². The largest absolute Gasteiger partial charge is 0.394 e. The molecular formula is C93H169NO18. The molecule has 0 aromatic rings. The third-order valence-electron chi connectivity index (χ3n) is 22.7. The number of carbonyl (C=O) groups is 1. The highest BCUT2D eigenvalue weighted by Gasteiger charge is 2.54.